The summed E-state index contributed by atoms with van der Waals surface area (Å²) in [6.45, 7) is 3.99. The summed E-state index contributed by atoms with van der Waals surface area (Å²) in [7, 11) is 1.35. The maximum absolute atomic E-state index is 12.8. The van der Waals surface area contributed by atoms with E-state index in [2.05, 4.69) is 16.0 Å². The molecule has 0 radical (unpaired) electrons. The van der Waals surface area contributed by atoms with Gasteiger partial charge in [0.2, 0.25) is 11.8 Å². The summed E-state index contributed by atoms with van der Waals surface area (Å²) < 4.78 is 4.95. The Balaban J connectivity index is 1.51. The monoisotopic (exact) mass is 427 g/mol. The van der Waals surface area contributed by atoms with Crippen LogP contribution in [0, 0.1) is 13.8 Å². The van der Waals surface area contributed by atoms with E-state index in [-0.39, 0.29) is 18.2 Å². The summed E-state index contributed by atoms with van der Waals surface area (Å²) in [5, 5.41) is 9.41. The molecule has 158 valence electrons. The molecule has 0 bridgehead atoms. The second-order valence-electron chi connectivity index (χ2n) is 7.83. The van der Waals surface area contributed by atoms with Crippen LogP contribution in [-0.2, 0) is 27.2 Å². The Labute approximate surface area is 179 Å². The number of ether oxygens (including phenoxy) is 1. The summed E-state index contributed by atoms with van der Waals surface area (Å²) in [6.07, 6.45) is 3.77. The summed E-state index contributed by atoms with van der Waals surface area (Å²) in [5.41, 5.74) is 5.16. The molecule has 1 aliphatic heterocycles. The summed E-state index contributed by atoms with van der Waals surface area (Å²) >= 11 is 1.44. The van der Waals surface area contributed by atoms with Crippen molar-refractivity contribution in [1.29, 1.82) is 0 Å². The van der Waals surface area contributed by atoms with E-state index in [0.717, 1.165) is 58.6 Å². The smallest absolute Gasteiger partial charge is 0.341 e. The number of aryl methyl sites for hydroxylation is 3. The number of thiophene rings is 1. The van der Waals surface area contributed by atoms with Gasteiger partial charge in [0.1, 0.15) is 11.0 Å². The minimum absolute atomic E-state index is 0.0403. The fraction of sp³-hybridized carbons (Fsp3) is 0.409. The van der Waals surface area contributed by atoms with Crippen LogP contribution in [0.3, 0.4) is 0 Å². The standard InChI is InChI=1S/C22H25N3O4S/c1-11-8-14-15(9-12(11)2)24-20(27)16(23-14)10-18(26)25-21-19(22(28)29-3)13-6-4-5-7-17(13)30-21/h8-9,16,23H,4-7,10H2,1-3H3,(H,24,27)(H,25,26). The third-order valence-corrected chi connectivity index (χ3v) is 6.95. The van der Waals surface area contributed by atoms with Crippen LogP contribution in [0.5, 0.6) is 0 Å². The van der Waals surface area contributed by atoms with Gasteiger partial charge in [-0.3, -0.25) is 9.59 Å². The number of methoxy groups -OCH3 is 1. The van der Waals surface area contributed by atoms with Gasteiger partial charge in [-0.1, -0.05) is 0 Å². The molecule has 3 N–H and O–H groups in total. The van der Waals surface area contributed by atoms with E-state index in [0.29, 0.717) is 10.6 Å². The van der Waals surface area contributed by atoms with Gasteiger partial charge in [-0.2, -0.15) is 0 Å². The first-order valence-corrected chi connectivity index (χ1v) is 10.9. The van der Waals surface area contributed by atoms with Crippen molar-refractivity contribution in [2.75, 3.05) is 23.1 Å². The van der Waals surface area contributed by atoms with Crippen molar-refractivity contribution < 1.29 is 19.1 Å². The molecular weight excluding hydrogens is 402 g/mol. The SMILES string of the molecule is COC(=O)c1c(NC(=O)CC2Nc3cc(C)c(C)cc3NC2=O)sc2c1CCCC2. The van der Waals surface area contributed by atoms with Gasteiger partial charge in [-0.25, -0.2) is 4.79 Å². The van der Waals surface area contributed by atoms with Gasteiger partial charge < -0.3 is 20.7 Å². The predicted octanol–water partition coefficient (Wildman–Crippen LogP) is 3.79. The highest BCUT2D eigenvalue weighted by molar-refractivity contribution is 7.17. The zero-order valence-corrected chi connectivity index (χ0v) is 18.1. The lowest BCUT2D eigenvalue weighted by Gasteiger charge is -2.27. The number of fused-ring (bicyclic) bond motifs is 2. The average Bonchev–Trinajstić information content (AvgIpc) is 3.07. The third-order valence-electron chi connectivity index (χ3n) is 5.74. The maximum Gasteiger partial charge on any atom is 0.341 e. The molecule has 1 atom stereocenters. The van der Waals surface area contributed by atoms with Gasteiger partial charge in [0, 0.05) is 4.88 Å². The van der Waals surface area contributed by atoms with E-state index in [4.69, 9.17) is 4.74 Å². The molecule has 0 fully saturated rings. The average molecular weight is 428 g/mol. The molecule has 1 aromatic heterocycles. The van der Waals surface area contributed by atoms with Crippen molar-refractivity contribution in [3.05, 3.63) is 39.3 Å². The van der Waals surface area contributed by atoms with E-state index >= 15 is 0 Å². The second kappa shape index (κ2) is 8.10. The van der Waals surface area contributed by atoms with E-state index < -0.39 is 12.0 Å². The molecule has 1 aliphatic carbocycles. The topological polar surface area (TPSA) is 96.5 Å². The summed E-state index contributed by atoms with van der Waals surface area (Å²) in [5.74, 6) is -1.00. The quantitative estimate of drug-likeness (QED) is 0.645. The van der Waals surface area contributed by atoms with E-state index in [9.17, 15) is 14.4 Å². The molecule has 0 spiro atoms. The number of rotatable bonds is 4. The van der Waals surface area contributed by atoms with Crippen molar-refractivity contribution in [2.24, 2.45) is 0 Å². The first-order valence-electron chi connectivity index (χ1n) is 10.1. The van der Waals surface area contributed by atoms with Crippen LogP contribution in [0.4, 0.5) is 16.4 Å². The van der Waals surface area contributed by atoms with Crippen LogP contribution in [0.25, 0.3) is 0 Å². The molecule has 2 aliphatic rings. The van der Waals surface area contributed by atoms with Gasteiger partial charge in [-0.15, -0.1) is 11.3 Å². The van der Waals surface area contributed by atoms with Crippen LogP contribution in [0.15, 0.2) is 12.1 Å². The summed E-state index contributed by atoms with van der Waals surface area (Å²) in [4.78, 5) is 38.7. The Morgan fingerprint density at radius 3 is 2.60 bits per heavy atom. The number of anilines is 3. The number of carbonyl (C=O) groups excluding carboxylic acids is 3. The fourth-order valence-electron chi connectivity index (χ4n) is 3.99. The highest BCUT2D eigenvalue weighted by Crippen LogP contribution is 2.39. The third kappa shape index (κ3) is 3.79. The second-order valence-corrected chi connectivity index (χ2v) is 8.93. The van der Waals surface area contributed by atoms with Gasteiger partial charge in [0.15, 0.2) is 0 Å². The normalized spacial score (nSPS) is 17.3. The number of esters is 1. The number of nitrogens with one attached hydrogen (secondary N) is 3. The minimum Gasteiger partial charge on any atom is -0.465 e. The van der Waals surface area contributed by atoms with Gasteiger partial charge in [-0.05, 0) is 68.4 Å². The first-order chi connectivity index (χ1) is 14.4. The number of hydrogen-bond donors (Lipinski definition) is 3. The van der Waals surface area contributed by atoms with Gasteiger partial charge in [0.05, 0.1) is 30.5 Å². The molecular formula is C22H25N3O4S. The lowest BCUT2D eigenvalue weighted by molar-refractivity contribution is -0.122. The minimum atomic E-state index is -0.684. The lowest BCUT2D eigenvalue weighted by Crippen LogP contribution is -2.41. The number of amides is 2. The Morgan fingerprint density at radius 2 is 1.87 bits per heavy atom. The molecule has 1 aromatic carbocycles. The number of hydrogen-bond acceptors (Lipinski definition) is 6. The van der Waals surface area contributed by atoms with Crippen LogP contribution >= 0.6 is 11.3 Å². The zero-order valence-electron chi connectivity index (χ0n) is 17.3. The molecule has 30 heavy (non-hydrogen) atoms. The fourth-order valence-corrected chi connectivity index (χ4v) is 5.28. The highest BCUT2D eigenvalue weighted by Gasteiger charge is 2.30. The Kier molecular flexibility index (Phi) is 5.51. The van der Waals surface area contributed by atoms with Crippen molar-refractivity contribution >= 4 is 45.5 Å². The van der Waals surface area contributed by atoms with Crippen molar-refractivity contribution in [3.63, 3.8) is 0 Å². The number of benzene rings is 1. The van der Waals surface area contributed by atoms with Gasteiger partial charge >= 0.3 is 5.97 Å². The van der Waals surface area contributed by atoms with Crippen molar-refractivity contribution in [3.8, 4) is 0 Å². The molecule has 7 nitrogen and oxygen atoms in total. The Bertz CT molecular complexity index is 1040. The lowest BCUT2D eigenvalue weighted by atomic mass is 9.95. The molecule has 2 heterocycles. The van der Waals surface area contributed by atoms with Crippen molar-refractivity contribution in [1.82, 2.24) is 0 Å². The Morgan fingerprint density at radius 1 is 1.17 bits per heavy atom. The molecule has 0 saturated carbocycles. The maximum atomic E-state index is 12.8. The van der Waals surface area contributed by atoms with E-state index in [1.807, 2.05) is 26.0 Å². The summed E-state index contributed by atoms with van der Waals surface area (Å²) in [6, 6.07) is 3.21. The van der Waals surface area contributed by atoms with Crippen LogP contribution in [0.2, 0.25) is 0 Å². The molecule has 2 aromatic rings. The van der Waals surface area contributed by atoms with Crippen LogP contribution in [-0.4, -0.2) is 30.9 Å². The Hall–Kier alpha value is -2.87. The van der Waals surface area contributed by atoms with Gasteiger partial charge in [0.25, 0.3) is 0 Å². The molecule has 4 rings (SSSR count). The molecule has 2 amide bonds. The van der Waals surface area contributed by atoms with Crippen LogP contribution in [0.1, 0.15) is 51.2 Å². The molecule has 8 heteroatoms. The first kappa shape index (κ1) is 20.4. The van der Waals surface area contributed by atoms with E-state index in [1.165, 1.54) is 18.4 Å². The zero-order chi connectivity index (χ0) is 21.4. The highest BCUT2D eigenvalue weighted by atomic mass is 32.1. The molecule has 1 unspecified atom stereocenters. The van der Waals surface area contributed by atoms with Crippen LogP contribution < -0.4 is 16.0 Å². The predicted molar refractivity (Wildman–Crippen MR) is 118 cm³/mol. The molecule has 0 saturated heterocycles. The number of carbonyl (C=O) groups is 3. The van der Waals surface area contributed by atoms with Crippen molar-refractivity contribution in [2.45, 2.75) is 52.0 Å². The largest absolute Gasteiger partial charge is 0.465 e. The van der Waals surface area contributed by atoms with E-state index in [1.54, 1.807) is 0 Å².